The molecule has 10 N–H and O–H groups in total. The molecule has 1 rings (SSSR count). The van der Waals surface area contributed by atoms with E-state index in [1.165, 1.54) is 24.3 Å². The SMILES string of the molecule is CSCCC(NC(=O)C(N)Cc1cnc[nH]1)C(=O)NC(CCC(=O)O)C(=O)NC(CCCCN)C(=O)O. The van der Waals surface area contributed by atoms with Gasteiger partial charge in [-0.25, -0.2) is 9.78 Å². The molecule has 0 bridgehead atoms. The van der Waals surface area contributed by atoms with E-state index in [4.69, 9.17) is 16.6 Å². The second-order valence-corrected chi connectivity index (χ2v) is 9.39. The Labute approximate surface area is 219 Å². The van der Waals surface area contributed by atoms with Crippen LogP contribution in [0.4, 0.5) is 0 Å². The fourth-order valence-electron chi connectivity index (χ4n) is 3.34. The maximum absolute atomic E-state index is 13.1. The minimum Gasteiger partial charge on any atom is -0.481 e. The summed E-state index contributed by atoms with van der Waals surface area (Å²) in [7, 11) is 0. The van der Waals surface area contributed by atoms with E-state index in [-0.39, 0.29) is 25.7 Å². The van der Waals surface area contributed by atoms with Crippen LogP contribution in [0.3, 0.4) is 0 Å². The van der Waals surface area contributed by atoms with Crippen molar-refractivity contribution in [3.8, 4) is 0 Å². The number of hydrogen-bond acceptors (Lipinski definition) is 9. The molecule has 0 aliphatic carbocycles. The molecule has 0 aliphatic rings. The van der Waals surface area contributed by atoms with E-state index in [2.05, 4.69) is 25.9 Å². The lowest BCUT2D eigenvalue weighted by Gasteiger charge is -2.25. The first kappa shape index (κ1) is 31.9. The van der Waals surface area contributed by atoms with Crippen molar-refractivity contribution in [2.24, 2.45) is 11.5 Å². The summed E-state index contributed by atoms with van der Waals surface area (Å²) >= 11 is 1.44. The minimum absolute atomic E-state index is 0.124. The number of nitrogens with two attached hydrogens (primary N) is 2. The number of carboxylic acid groups (broad SMARTS) is 2. The zero-order valence-electron chi connectivity index (χ0n) is 20.8. The number of imidazole rings is 1. The van der Waals surface area contributed by atoms with E-state index in [0.717, 1.165) is 0 Å². The second-order valence-electron chi connectivity index (χ2n) is 8.41. The maximum atomic E-state index is 13.1. The van der Waals surface area contributed by atoms with Crippen molar-refractivity contribution in [1.29, 1.82) is 0 Å². The Morgan fingerprint density at radius 1 is 0.973 bits per heavy atom. The highest BCUT2D eigenvalue weighted by Crippen LogP contribution is 2.07. The lowest BCUT2D eigenvalue weighted by molar-refractivity contribution is -0.143. The van der Waals surface area contributed by atoms with Gasteiger partial charge in [0, 0.05) is 24.7 Å². The predicted octanol–water partition coefficient (Wildman–Crippen LogP) is -1.43. The number of thioether (sulfide) groups is 1. The van der Waals surface area contributed by atoms with E-state index in [9.17, 15) is 29.1 Å². The van der Waals surface area contributed by atoms with Crippen LogP contribution < -0.4 is 27.4 Å². The van der Waals surface area contributed by atoms with Crippen LogP contribution in [0.2, 0.25) is 0 Å². The van der Waals surface area contributed by atoms with E-state index in [0.29, 0.717) is 30.8 Å². The number of nitrogens with one attached hydrogen (secondary N) is 4. The lowest BCUT2D eigenvalue weighted by Crippen LogP contribution is -2.57. The fraction of sp³-hybridized carbons (Fsp3) is 0.636. The molecule has 0 saturated carbocycles. The number of aliphatic carboxylic acids is 2. The number of nitrogens with zero attached hydrogens (tertiary/aromatic N) is 1. The molecule has 1 aromatic heterocycles. The summed E-state index contributed by atoms with van der Waals surface area (Å²) in [6.07, 6.45) is 5.61. The molecule has 0 saturated heterocycles. The Morgan fingerprint density at radius 3 is 2.14 bits per heavy atom. The Bertz CT molecular complexity index is 885. The van der Waals surface area contributed by atoms with Crippen LogP contribution in [-0.2, 0) is 30.4 Å². The highest BCUT2D eigenvalue weighted by molar-refractivity contribution is 7.98. The van der Waals surface area contributed by atoms with Crippen LogP contribution in [0, 0.1) is 0 Å². The Morgan fingerprint density at radius 2 is 1.59 bits per heavy atom. The standard InChI is InChI=1S/C22H37N7O7S/c1-37-9-7-16(27-19(32)14(24)10-13-11-25-12-26-13)21(34)28-15(5-6-18(30)31)20(33)29-17(22(35)36)4-2-3-8-23/h11-12,14-17H,2-10,23-24H2,1H3,(H,25,26)(H,27,32)(H,28,34)(H,29,33)(H,30,31)(H,35,36). The Hall–Kier alpha value is -3.17. The van der Waals surface area contributed by atoms with Gasteiger partial charge in [-0.05, 0) is 50.7 Å². The van der Waals surface area contributed by atoms with Gasteiger partial charge in [-0.1, -0.05) is 0 Å². The highest BCUT2D eigenvalue weighted by atomic mass is 32.2. The van der Waals surface area contributed by atoms with Crippen molar-refractivity contribution < 1.29 is 34.2 Å². The number of carboxylic acids is 2. The van der Waals surface area contributed by atoms with E-state index >= 15 is 0 Å². The third-order valence-corrected chi connectivity index (χ3v) is 6.06. The quantitative estimate of drug-likeness (QED) is 0.0939. The van der Waals surface area contributed by atoms with Crippen molar-refractivity contribution in [2.45, 2.75) is 69.1 Å². The van der Waals surface area contributed by atoms with E-state index in [1.807, 2.05) is 6.26 Å². The molecule has 14 nitrogen and oxygen atoms in total. The molecule has 0 spiro atoms. The second kappa shape index (κ2) is 17.3. The first-order chi connectivity index (χ1) is 17.6. The molecule has 0 radical (unpaired) electrons. The van der Waals surface area contributed by atoms with Gasteiger partial charge in [-0.3, -0.25) is 19.2 Å². The van der Waals surface area contributed by atoms with Crippen molar-refractivity contribution in [1.82, 2.24) is 25.9 Å². The third kappa shape index (κ3) is 12.6. The first-order valence-corrected chi connectivity index (χ1v) is 13.3. The van der Waals surface area contributed by atoms with Gasteiger partial charge in [0.2, 0.25) is 17.7 Å². The zero-order valence-corrected chi connectivity index (χ0v) is 21.6. The van der Waals surface area contributed by atoms with Gasteiger partial charge in [0.05, 0.1) is 12.4 Å². The van der Waals surface area contributed by atoms with Crippen molar-refractivity contribution >= 4 is 41.4 Å². The largest absolute Gasteiger partial charge is 0.481 e. The average molecular weight is 544 g/mol. The summed E-state index contributed by atoms with van der Waals surface area (Å²) in [6.45, 7) is 0.367. The third-order valence-electron chi connectivity index (χ3n) is 5.42. The smallest absolute Gasteiger partial charge is 0.326 e. The zero-order chi connectivity index (χ0) is 27.8. The van der Waals surface area contributed by atoms with Crippen LogP contribution in [-0.4, -0.2) is 92.6 Å². The number of carbonyl (C=O) groups excluding carboxylic acids is 3. The summed E-state index contributed by atoms with van der Waals surface area (Å²) in [6, 6.07) is -4.57. The number of aromatic amines is 1. The highest BCUT2D eigenvalue weighted by Gasteiger charge is 2.30. The summed E-state index contributed by atoms with van der Waals surface area (Å²) in [5.41, 5.74) is 12.0. The minimum atomic E-state index is -1.33. The van der Waals surface area contributed by atoms with Gasteiger partial charge >= 0.3 is 11.9 Å². The summed E-state index contributed by atoms with van der Waals surface area (Å²) in [4.78, 5) is 67.9. The molecular weight excluding hydrogens is 506 g/mol. The van der Waals surface area contributed by atoms with Gasteiger partial charge < -0.3 is 42.6 Å². The summed E-state index contributed by atoms with van der Waals surface area (Å²) in [5, 5.41) is 25.9. The van der Waals surface area contributed by atoms with Gasteiger partial charge in [-0.2, -0.15) is 11.8 Å². The van der Waals surface area contributed by atoms with E-state index in [1.54, 1.807) is 0 Å². The fourth-order valence-corrected chi connectivity index (χ4v) is 3.81. The molecule has 1 aromatic rings. The maximum Gasteiger partial charge on any atom is 0.326 e. The molecule has 1 heterocycles. The normalized spacial score (nSPS) is 14.1. The molecule has 0 aromatic carbocycles. The van der Waals surface area contributed by atoms with Crippen LogP contribution >= 0.6 is 11.8 Å². The lowest BCUT2D eigenvalue weighted by atomic mass is 10.1. The number of unbranched alkanes of at least 4 members (excludes halogenated alkanes) is 1. The van der Waals surface area contributed by atoms with Gasteiger partial charge in [0.25, 0.3) is 0 Å². The van der Waals surface area contributed by atoms with Crippen LogP contribution in [0.1, 0.15) is 44.2 Å². The Balaban J connectivity index is 2.93. The topological polar surface area (TPSA) is 243 Å². The number of H-pyrrole nitrogens is 1. The number of rotatable bonds is 19. The summed E-state index contributed by atoms with van der Waals surface area (Å²) in [5.74, 6) is -4.08. The molecule has 15 heteroatoms. The van der Waals surface area contributed by atoms with Gasteiger partial charge in [0.15, 0.2) is 0 Å². The van der Waals surface area contributed by atoms with Crippen molar-refractivity contribution in [2.75, 3.05) is 18.6 Å². The molecule has 4 atom stereocenters. The van der Waals surface area contributed by atoms with Crippen LogP contribution in [0.25, 0.3) is 0 Å². The Kier molecular flexibility index (Phi) is 14.9. The number of hydrogen-bond donors (Lipinski definition) is 8. The van der Waals surface area contributed by atoms with Crippen molar-refractivity contribution in [3.05, 3.63) is 18.2 Å². The average Bonchev–Trinajstić information content (AvgIpc) is 3.36. The number of carbonyl (C=O) groups is 5. The van der Waals surface area contributed by atoms with Crippen LogP contribution in [0.15, 0.2) is 12.5 Å². The molecular formula is C22H37N7O7S. The summed E-state index contributed by atoms with van der Waals surface area (Å²) < 4.78 is 0. The molecule has 3 amide bonds. The first-order valence-electron chi connectivity index (χ1n) is 11.9. The number of amides is 3. The molecule has 0 aliphatic heterocycles. The van der Waals surface area contributed by atoms with Crippen molar-refractivity contribution in [3.63, 3.8) is 0 Å². The molecule has 0 fully saturated rings. The van der Waals surface area contributed by atoms with Gasteiger partial charge in [-0.15, -0.1) is 0 Å². The van der Waals surface area contributed by atoms with Crippen LogP contribution in [0.5, 0.6) is 0 Å². The predicted molar refractivity (Wildman–Crippen MR) is 136 cm³/mol. The number of aromatic nitrogens is 2. The monoisotopic (exact) mass is 543 g/mol. The molecule has 37 heavy (non-hydrogen) atoms. The molecule has 208 valence electrons. The van der Waals surface area contributed by atoms with Gasteiger partial charge in [0.1, 0.15) is 18.1 Å². The van der Waals surface area contributed by atoms with E-state index < -0.39 is 60.2 Å². The molecule has 4 unspecified atom stereocenters.